The minimum Gasteiger partial charge on any atom is -0.366 e. The lowest BCUT2D eigenvalue weighted by atomic mass is 9.83. The number of nitrogens with zero attached hydrogens (tertiary/aromatic N) is 1. The van der Waals surface area contributed by atoms with E-state index in [-0.39, 0.29) is 12.5 Å². The average molecular weight is 399 g/mol. The SMILES string of the molecule is NC(=O)c1cccc(CN2C(=O)N[C@@](Cc3ccccc3)(c3ccccc3)C2=O)c1. The van der Waals surface area contributed by atoms with Crippen LogP contribution in [-0.2, 0) is 23.3 Å². The summed E-state index contributed by atoms with van der Waals surface area (Å²) in [7, 11) is 0. The highest BCUT2D eigenvalue weighted by Crippen LogP contribution is 2.33. The number of primary amides is 1. The van der Waals surface area contributed by atoms with Crippen molar-refractivity contribution >= 4 is 17.8 Å². The maximum atomic E-state index is 13.6. The number of hydrogen-bond acceptors (Lipinski definition) is 3. The summed E-state index contributed by atoms with van der Waals surface area (Å²) >= 11 is 0. The van der Waals surface area contributed by atoms with Gasteiger partial charge in [0, 0.05) is 12.0 Å². The molecule has 150 valence electrons. The molecule has 0 aliphatic carbocycles. The Morgan fingerprint density at radius 2 is 1.50 bits per heavy atom. The van der Waals surface area contributed by atoms with Crippen molar-refractivity contribution in [3.63, 3.8) is 0 Å². The normalized spacial score (nSPS) is 18.3. The van der Waals surface area contributed by atoms with E-state index < -0.39 is 17.5 Å². The molecular weight excluding hydrogens is 378 g/mol. The number of carbonyl (C=O) groups is 3. The van der Waals surface area contributed by atoms with Crippen LogP contribution in [0.5, 0.6) is 0 Å². The van der Waals surface area contributed by atoms with Gasteiger partial charge in [0.1, 0.15) is 0 Å². The Morgan fingerprint density at radius 1 is 0.867 bits per heavy atom. The molecule has 4 amide bonds. The van der Waals surface area contributed by atoms with E-state index in [4.69, 9.17) is 5.73 Å². The van der Waals surface area contributed by atoms with Crippen LogP contribution in [0.3, 0.4) is 0 Å². The highest BCUT2D eigenvalue weighted by molar-refractivity contribution is 6.07. The molecule has 0 saturated carbocycles. The summed E-state index contributed by atoms with van der Waals surface area (Å²) < 4.78 is 0. The van der Waals surface area contributed by atoms with E-state index in [2.05, 4.69) is 5.32 Å². The fourth-order valence-electron chi connectivity index (χ4n) is 3.82. The lowest BCUT2D eigenvalue weighted by molar-refractivity contribution is -0.132. The first-order chi connectivity index (χ1) is 14.5. The van der Waals surface area contributed by atoms with Crippen molar-refractivity contribution in [1.29, 1.82) is 0 Å². The van der Waals surface area contributed by atoms with Gasteiger partial charge >= 0.3 is 6.03 Å². The molecule has 0 radical (unpaired) electrons. The molecule has 1 saturated heterocycles. The fraction of sp³-hybridized carbons (Fsp3) is 0.125. The Hall–Kier alpha value is -3.93. The first kappa shape index (κ1) is 19.4. The van der Waals surface area contributed by atoms with Gasteiger partial charge in [0.25, 0.3) is 5.91 Å². The maximum Gasteiger partial charge on any atom is 0.325 e. The summed E-state index contributed by atoms with van der Waals surface area (Å²) in [5, 5.41) is 2.94. The van der Waals surface area contributed by atoms with E-state index in [0.717, 1.165) is 11.1 Å². The number of imide groups is 1. The third-order valence-corrected chi connectivity index (χ3v) is 5.31. The summed E-state index contributed by atoms with van der Waals surface area (Å²) in [5.74, 6) is -0.885. The molecule has 6 heteroatoms. The monoisotopic (exact) mass is 399 g/mol. The number of rotatable bonds is 6. The predicted octanol–water partition coefficient (Wildman–Crippen LogP) is 2.98. The molecule has 0 spiro atoms. The second-order valence-electron chi connectivity index (χ2n) is 7.32. The smallest absolute Gasteiger partial charge is 0.325 e. The van der Waals surface area contributed by atoms with Crippen LogP contribution in [0.1, 0.15) is 27.0 Å². The van der Waals surface area contributed by atoms with Gasteiger partial charge in [-0.05, 0) is 28.8 Å². The first-order valence-electron chi connectivity index (χ1n) is 9.62. The van der Waals surface area contributed by atoms with Crippen molar-refractivity contribution < 1.29 is 14.4 Å². The van der Waals surface area contributed by atoms with Crippen molar-refractivity contribution in [2.75, 3.05) is 0 Å². The van der Waals surface area contributed by atoms with Gasteiger partial charge in [-0.2, -0.15) is 0 Å². The van der Waals surface area contributed by atoms with Crippen molar-refractivity contribution in [3.05, 3.63) is 107 Å². The number of benzene rings is 3. The van der Waals surface area contributed by atoms with Gasteiger partial charge < -0.3 is 11.1 Å². The lowest BCUT2D eigenvalue weighted by Crippen LogP contribution is -2.46. The Labute approximate surface area is 174 Å². The summed E-state index contributed by atoms with van der Waals surface area (Å²) in [5.41, 5.74) is 6.80. The Balaban J connectivity index is 1.70. The third kappa shape index (κ3) is 3.55. The van der Waals surface area contributed by atoms with Crippen LogP contribution in [0.2, 0.25) is 0 Å². The molecule has 1 aliphatic heterocycles. The van der Waals surface area contributed by atoms with E-state index in [1.807, 2.05) is 60.7 Å². The first-order valence-corrected chi connectivity index (χ1v) is 9.62. The van der Waals surface area contributed by atoms with Gasteiger partial charge in [-0.15, -0.1) is 0 Å². The van der Waals surface area contributed by atoms with E-state index in [9.17, 15) is 14.4 Å². The second-order valence-corrected chi connectivity index (χ2v) is 7.32. The van der Waals surface area contributed by atoms with Crippen molar-refractivity contribution in [1.82, 2.24) is 10.2 Å². The predicted molar refractivity (Wildman–Crippen MR) is 112 cm³/mol. The van der Waals surface area contributed by atoms with Gasteiger partial charge in [0.15, 0.2) is 5.54 Å². The molecule has 30 heavy (non-hydrogen) atoms. The van der Waals surface area contributed by atoms with Crippen molar-refractivity contribution in [3.8, 4) is 0 Å². The fourth-order valence-corrected chi connectivity index (χ4v) is 3.82. The number of amides is 4. The number of nitrogens with one attached hydrogen (secondary N) is 1. The molecule has 3 aromatic carbocycles. The molecule has 4 rings (SSSR count). The van der Waals surface area contributed by atoms with Crippen LogP contribution in [0.25, 0.3) is 0 Å². The molecule has 0 bridgehead atoms. The molecule has 0 unspecified atom stereocenters. The Bertz CT molecular complexity index is 1100. The van der Waals surface area contributed by atoms with Crippen LogP contribution in [-0.4, -0.2) is 22.7 Å². The lowest BCUT2D eigenvalue weighted by Gasteiger charge is -2.27. The minimum atomic E-state index is -1.19. The molecule has 1 heterocycles. The number of hydrogen-bond donors (Lipinski definition) is 2. The Kier molecular flexibility index (Phi) is 5.06. The largest absolute Gasteiger partial charge is 0.366 e. The number of nitrogens with two attached hydrogens (primary N) is 1. The highest BCUT2D eigenvalue weighted by atomic mass is 16.2. The quantitative estimate of drug-likeness (QED) is 0.624. The molecule has 0 aromatic heterocycles. The topological polar surface area (TPSA) is 92.5 Å². The van der Waals surface area contributed by atoms with Gasteiger partial charge in [-0.3, -0.25) is 14.5 Å². The molecule has 6 nitrogen and oxygen atoms in total. The highest BCUT2D eigenvalue weighted by Gasteiger charge is 2.52. The number of carbonyl (C=O) groups excluding carboxylic acids is 3. The molecule has 1 aliphatic rings. The zero-order valence-corrected chi connectivity index (χ0v) is 16.2. The Morgan fingerprint density at radius 3 is 2.17 bits per heavy atom. The standard InChI is InChI=1S/C24H21N3O3/c25-21(28)19-11-7-10-18(14-19)16-27-22(29)24(26-23(27)30,20-12-5-2-6-13-20)15-17-8-3-1-4-9-17/h1-14H,15-16H2,(H2,25,28)(H,26,30)/t24-/m0/s1. The van der Waals surface area contributed by atoms with Crippen LogP contribution in [0.15, 0.2) is 84.9 Å². The van der Waals surface area contributed by atoms with E-state index in [1.165, 1.54) is 4.90 Å². The zero-order chi connectivity index (χ0) is 21.1. The van der Waals surface area contributed by atoms with Gasteiger partial charge in [-0.25, -0.2) is 4.79 Å². The summed E-state index contributed by atoms with van der Waals surface area (Å²) in [6.07, 6.45) is 0.334. The van der Waals surface area contributed by atoms with Gasteiger partial charge in [0.05, 0.1) is 6.54 Å². The molecule has 3 aromatic rings. The molecule has 1 fully saturated rings. The average Bonchev–Trinajstić information content (AvgIpc) is 3.00. The zero-order valence-electron chi connectivity index (χ0n) is 16.2. The van der Waals surface area contributed by atoms with Crippen LogP contribution >= 0.6 is 0 Å². The van der Waals surface area contributed by atoms with E-state index in [1.54, 1.807) is 24.3 Å². The van der Waals surface area contributed by atoms with E-state index >= 15 is 0 Å². The van der Waals surface area contributed by atoms with Gasteiger partial charge in [-0.1, -0.05) is 72.8 Å². The van der Waals surface area contributed by atoms with Gasteiger partial charge in [0.2, 0.25) is 5.91 Å². The second kappa shape index (κ2) is 7.83. The molecule has 1 atom stereocenters. The van der Waals surface area contributed by atoms with E-state index in [0.29, 0.717) is 17.5 Å². The van der Waals surface area contributed by atoms with Crippen LogP contribution in [0, 0.1) is 0 Å². The number of urea groups is 1. The molecule has 3 N–H and O–H groups in total. The summed E-state index contributed by atoms with van der Waals surface area (Å²) in [6.45, 7) is 0.0508. The van der Waals surface area contributed by atoms with Crippen molar-refractivity contribution in [2.45, 2.75) is 18.5 Å². The summed E-state index contributed by atoms with van der Waals surface area (Å²) in [4.78, 5) is 39.2. The minimum absolute atomic E-state index is 0.0508. The maximum absolute atomic E-state index is 13.6. The van der Waals surface area contributed by atoms with Crippen LogP contribution < -0.4 is 11.1 Å². The summed E-state index contributed by atoms with van der Waals surface area (Å²) in [6, 6.07) is 25.0. The third-order valence-electron chi connectivity index (χ3n) is 5.31. The molecular formula is C24H21N3O3. The van der Waals surface area contributed by atoms with Crippen LogP contribution in [0.4, 0.5) is 4.79 Å². The van der Waals surface area contributed by atoms with Crippen molar-refractivity contribution in [2.24, 2.45) is 5.73 Å².